The van der Waals surface area contributed by atoms with E-state index in [0.717, 1.165) is 0 Å². The van der Waals surface area contributed by atoms with Gasteiger partial charge in [0.15, 0.2) is 0 Å². The number of hydrogen-bond acceptors (Lipinski definition) is 6. The molecular formula is C8H16O8. The molecule has 0 radical (unpaired) electrons. The molecule has 0 aliphatic heterocycles. The summed E-state index contributed by atoms with van der Waals surface area (Å²) >= 11 is 0. The highest BCUT2D eigenvalue weighted by molar-refractivity contribution is 5.70. The van der Waals surface area contributed by atoms with E-state index in [-0.39, 0.29) is 0 Å². The van der Waals surface area contributed by atoms with Gasteiger partial charge in [0.25, 0.3) is 0 Å². The summed E-state index contributed by atoms with van der Waals surface area (Å²) in [5.41, 5.74) is 0. The van der Waals surface area contributed by atoms with Gasteiger partial charge in [0.2, 0.25) is 0 Å². The number of aliphatic carboxylic acids is 2. The molecule has 0 saturated heterocycles. The lowest BCUT2D eigenvalue weighted by Crippen LogP contribution is -2.21. The topological polar surface area (TPSA) is 156 Å². The normalized spacial score (nSPS) is 9.88. The van der Waals surface area contributed by atoms with Crippen molar-refractivity contribution in [3.8, 4) is 0 Å². The highest BCUT2D eigenvalue weighted by atomic mass is 16.4. The van der Waals surface area contributed by atoms with Crippen molar-refractivity contribution in [2.45, 2.75) is 0 Å². The van der Waals surface area contributed by atoms with Crippen LogP contribution in [0.15, 0.2) is 0 Å². The van der Waals surface area contributed by atoms with Crippen LogP contribution in [0.4, 0.5) is 0 Å². The molecular weight excluding hydrogens is 224 g/mol. The third-order valence-corrected chi connectivity index (χ3v) is 1.58. The number of aliphatic hydroxyl groups is 4. The summed E-state index contributed by atoms with van der Waals surface area (Å²) in [7, 11) is 0. The van der Waals surface area contributed by atoms with E-state index in [0.29, 0.717) is 0 Å². The smallest absolute Gasteiger partial charge is 0.311 e. The molecule has 0 heterocycles. The predicted octanol–water partition coefficient (Wildman–Crippen LogP) is -2.66. The number of aliphatic hydroxyl groups excluding tert-OH is 4. The molecule has 0 aliphatic rings. The van der Waals surface area contributed by atoms with Gasteiger partial charge in [-0.2, -0.15) is 0 Å². The molecule has 8 heteroatoms. The van der Waals surface area contributed by atoms with Crippen LogP contribution in [0.3, 0.4) is 0 Å². The van der Waals surface area contributed by atoms with E-state index in [1.807, 2.05) is 0 Å². The Kier molecular flexibility index (Phi) is 11.1. The van der Waals surface area contributed by atoms with Crippen molar-refractivity contribution < 1.29 is 40.2 Å². The van der Waals surface area contributed by atoms with Gasteiger partial charge in [-0.15, -0.1) is 0 Å². The highest BCUT2D eigenvalue weighted by Gasteiger charge is 2.13. The molecule has 16 heavy (non-hydrogen) atoms. The maximum absolute atomic E-state index is 9.84. The van der Waals surface area contributed by atoms with Crippen molar-refractivity contribution in [2.24, 2.45) is 11.8 Å². The van der Waals surface area contributed by atoms with E-state index in [9.17, 15) is 9.59 Å². The molecule has 0 atom stereocenters. The Labute approximate surface area is 91.4 Å². The number of carboxylic acid groups (broad SMARTS) is 2. The predicted molar refractivity (Wildman–Crippen MR) is 50.6 cm³/mol. The fourth-order valence-corrected chi connectivity index (χ4v) is 0.428. The highest BCUT2D eigenvalue weighted by Crippen LogP contribution is 1.91. The van der Waals surface area contributed by atoms with Crippen LogP contribution in [-0.4, -0.2) is 69.0 Å². The first-order chi connectivity index (χ1) is 7.44. The van der Waals surface area contributed by atoms with Gasteiger partial charge in [0.05, 0.1) is 26.4 Å². The van der Waals surface area contributed by atoms with Gasteiger partial charge < -0.3 is 30.6 Å². The van der Waals surface area contributed by atoms with Crippen LogP contribution >= 0.6 is 0 Å². The van der Waals surface area contributed by atoms with E-state index in [1.54, 1.807) is 0 Å². The van der Waals surface area contributed by atoms with E-state index >= 15 is 0 Å². The SMILES string of the molecule is O=C(O)C(CO)CO.O=C(O)C(CO)CO. The number of carbonyl (C=O) groups is 2. The minimum atomic E-state index is -1.17. The minimum absolute atomic E-state index is 0.508. The third kappa shape index (κ3) is 8.12. The summed E-state index contributed by atoms with van der Waals surface area (Å²) < 4.78 is 0. The number of rotatable bonds is 6. The summed E-state index contributed by atoms with van der Waals surface area (Å²) in [4.78, 5) is 19.7. The first-order valence-electron chi connectivity index (χ1n) is 4.33. The van der Waals surface area contributed by atoms with Crippen LogP contribution in [0.25, 0.3) is 0 Å². The first-order valence-corrected chi connectivity index (χ1v) is 4.33. The maximum Gasteiger partial charge on any atom is 0.311 e. The summed E-state index contributed by atoms with van der Waals surface area (Å²) in [6.45, 7) is -2.03. The fraction of sp³-hybridized carbons (Fsp3) is 0.750. The second-order valence-corrected chi connectivity index (χ2v) is 2.80. The minimum Gasteiger partial charge on any atom is -0.481 e. The van der Waals surface area contributed by atoms with Gasteiger partial charge in [-0.1, -0.05) is 0 Å². The fourth-order valence-electron chi connectivity index (χ4n) is 0.428. The molecule has 0 rings (SSSR count). The van der Waals surface area contributed by atoms with Crippen LogP contribution in [0.2, 0.25) is 0 Å². The van der Waals surface area contributed by atoms with Crippen LogP contribution in [0.5, 0.6) is 0 Å². The van der Waals surface area contributed by atoms with Crippen molar-refractivity contribution in [1.82, 2.24) is 0 Å². The lowest BCUT2D eigenvalue weighted by Gasteiger charge is -2.01. The summed E-state index contributed by atoms with van der Waals surface area (Å²) in [5.74, 6) is -4.38. The van der Waals surface area contributed by atoms with Crippen molar-refractivity contribution in [1.29, 1.82) is 0 Å². The maximum atomic E-state index is 9.84. The molecule has 8 nitrogen and oxygen atoms in total. The van der Waals surface area contributed by atoms with E-state index in [1.165, 1.54) is 0 Å². The Hall–Kier alpha value is -1.22. The Morgan fingerprint density at radius 3 is 0.875 bits per heavy atom. The summed E-state index contributed by atoms with van der Waals surface area (Å²) in [6.07, 6.45) is 0. The Morgan fingerprint density at radius 2 is 0.875 bits per heavy atom. The molecule has 6 N–H and O–H groups in total. The molecule has 0 aromatic rings. The van der Waals surface area contributed by atoms with E-state index in [2.05, 4.69) is 0 Å². The zero-order valence-electron chi connectivity index (χ0n) is 8.48. The second-order valence-electron chi connectivity index (χ2n) is 2.80. The number of hydrogen-bond donors (Lipinski definition) is 6. The molecule has 0 amide bonds. The van der Waals surface area contributed by atoms with Gasteiger partial charge in [0.1, 0.15) is 11.8 Å². The standard InChI is InChI=1S/2C4H8O4/c2*5-1-3(2-6)4(7)8/h2*3,5-6H,1-2H2,(H,7,8). The lowest BCUT2D eigenvalue weighted by atomic mass is 10.2. The average Bonchev–Trinajstić information content (AvgIpc) is 2.21. The quantitative estimate of drug-likeness (QED) is 0.294. The largest absolute Gasteiger partial charge is 0.481 e. The van der Waals surface area contributed by atoms with Crippen LogP contribution < -0.4 is 0 Å². The van der Waals surface area contributed by atoms with E-state index in [4.69, 9.17) is 30.6 Å². The van der Waals surface area contributed by atoms with Gasteiger partial charge in [0, 0.05) is 0 Å². The molecule has 0 aliphatic carbocycles. The third-order valence-electron chi connectivity index (χ3n) is 1.58. The number of carboxylic acids is 2. The zero-order valence-corrected chi connectivity index (χ0v) is 8.48. The Bertz CT molecular complexity index is 174. The zero-order chi connectivity index (χ0) is 13.1. The van der Waals surface area contributed by atoms with Crippen molar-refractivity contribution in [3.05, 3.63) is 0 Å². The monoisotopic (exact) mass is 240 g/mol. The summed E-state index contributed by atoms with van der Waals surface area (Å²) in [5, 5.41) is 48.7. The Balaban J connectivity index is 0. The van der Waals surface area contributed by atoms with Crippen molar-refractivity contribution in [2.75, 3.05) is 26.4 Å². The first kappa shape index (κ1) is 17.2. The molecule has 0 bridgehead atoms. The average molecular weight is 240 g/mol. The van der Waals surface area contributed by atoms with Crippen LogP contribution in [0.1, 0.15) is 0 Å². The molecule has 0 unspecified atom stereocenters. The lowest BCUT2D eigenvalue weighted by molar-refractivity contribution is -0.145. The molecule has 0 saturated carbocycles. The van der Waals surface area contributed by atoms with Crippen molar-refractivity contribution in [3.63, 3.8) is 0 Å². The van der Waals surface area contributed by atoms with Gasteiger partial charge in [-0.25, -0.2) is 0 Å². The van der Waals surface area contributed by atoms with Crippen molar-refractivity contribution >= 4 is 11.9 Å². The van der Waals surface area contributed by atoms with Crippen LogP contribution in [-0.2, 0) is 9.59 Å². The van der Waals surface area contributed by atoms with Gasteiger partial charge >= 0.3 is 11.9 Å². The van der Waals surface area contributed by atoms with E-state index < -0.39 is 50.2 Å². The Morgan fingerprint density at radius 1 is 0.688 bits per heavy atom. The second kappa shape index (κ2) is 10.3. The van der Waals surface area contributed by atoms with Gasteiger partial charge in [-0.3, -0.25) is 9.59 Å². The van der Waals surface area contributed by atoms with Gasteiger partial charge in [-0.05, 0) is 0 Å². The molecule has 0 aromatic carbocycles. The molecule has 0 fully saturated rings. The summed E-state index contributed by atoms with van der Waals surface area (Å²) in [6, 6.07) is 0. The molecule has 0 spiro atoms. The molecule has 0 aromatic heterocycles. The van der Waals surface area contributed by atoms with Crippen LogP contribution in [0, 0.1) is 11.8 Å². The molecule has 96 valence electrons.